The van der Waals surface area contributed by atoms with Crippen LogP contribution >= 0.6 is 11.6 Å². The predicted octanol–water partition coefficient (Wildman–Crippen LogP) is 2.40. The van der Waals surface area contributed by atoms with E-state index >= 15 is 0 Å². The van der Waals surface area contributed by atoms with Crippen LogP contribution in [0.15, 0.2) is 23.1 Å². The van der Waals surface area contributed by atoms with E-state index in [1.54, 1.807) is 6.92 Å². The van der Waals surface area contributed by atoms with Gasteiger partial charge in [0.1, 0.15) is 10.6 Å². The molecule has 0 fully saturated rings. The molecule has 6 heteroatoms. The molecule has 0 amide bonds. The van der Waals surface area contributed by atoms with Gasteiger partial charge in [0.05, 0.1) is 6.61 Å². The molecule has 0 spiro atoms. The Morgan fingerprint density at radius 3 is 2.64 bits per heavy atom. The van der Waals surface area contributed by atoms with E-state index in [1.807, 2.05) is 0 Å². The Bertz CT molecular complexity index is 430. The number of benzene rings is 1. The Hall–Kier alpha value is -0.810. The average Bonchev–Trinajstić information content (AvgIpc) is 2.07. The first-order chi connectivity index (χ1) is 6.45. The first kappa shape index (κ1) is 11.3. The van der Waals surface area contributed by atoms with E-state index in [4.69, 9.17) is 16.3 Å². The fraction of sp³-hybridized carbons (Fsp3) is 0.250. The molecular weight excluding hydrogens is 231 g/mol. The van der Waals surface area contributed by atoms with E-state index in [2.05, 4.69) is 0 Å². The van der Waals surface area contributed by atoms with Crippen molar-refractivity contribution in [3.8, 4) is 5.75 Å². The van der Waals surface area contributed by atoms with Crippen LogP contribution < -0.4 is 4.74 Å². The molecule has 0 heterocycles. The van der Waals surface area contributed by atoms with Gasteiger partial charge in [-0.3, -0.25) is 0 Å². The van der Waals surface area contributed by atoms with Crippen LogP contribution in [0.4, 0.5) is 3.89 Å². The smallest absolute Gasteiger partial charge is 0.335 e. The quantitative estimate of drug-likeness (QED) is 0.760. The third kappa shape index (κ3) is 2.59. The number of ether oxygens (including phenoxy) is 1. The molecule has 0 saturated heterocycles. The monoisotopic (exact) mass is 238 g/mol. The minimum absolute atomic E-state index is 0.0283. The zero-order valence-electron chi connectivity index (χ0n) is 7.33. The van der Waals surface area contributed by atoms with Crippen molar-refractivity contribution in [2.75, 3.05) is 6.61 Å². The van der Waals surface area contributed by atoms with Crippen LogP contribution in [-0.2, 0) is 10.2 Å². The first-order valence-electron chi connectivity index (χ1n) is 3.82. The van der Waals surface area contributed by atoms with Gasteiger partial charge >= 0.3 is 10.2 Å². The number of hydrogen-bond acceptors (Lipinski definition) is 3. The molecule has 0 bridgehead atoms. The summed E-state index contributed by atoms with van der Waals surface area (Å²) in [4.78, 5) is -0.535. The third-order valence-corrected chi connectivity index (χ3v) is 2.55. The summed E-state index contributed by atoms with van der Waals surface area (Å²) in [7, 11) is -4.79. The van der Waals surface area contributed by atoms with E-state index < -0.39 is 15.1 Å². The van der Waals surface area contributed by atoms with Gasteiger partial charge < -0.3 is 4.74 Å². The molecule has 0 aliphatic rings. The Balaban J connectivity index is 3.30. The standard InChI is InChI=1S/C8H8ClFO3S/c1-2-13-7-4-3-6(9)5-8(7)14(10,11)12/h3-5H,2H2,1H3. The van der Waals surface area contributed by atoms with Crippen LogP contribution in [0.2, 0.25) is 5.02 Å². The van der Waals surface area contributed by atoms with Crippen molar-refractivity contribution in [3.05, 3.63) is 23.2 Å². The number of rotatable bonds is 3. The molecule has 0 unspecified atom stereocenters. The molecule has 0 saturated carbocycles. The molecule has 0 N–H and O–H groups in total. The van der Waals surface area contributed by atoms with Gasteiger partial charge in [-0.2, -0.15) is 8.42 Å². The van der Waals surface area contributed by atoms with Gasteiger partial charge in [0.25, 0.3) is 0 Å². The van der Waals surface area contributed by atoms with Gasteiger partial charge in [-0.1, -0.05) is 11.6 Å². The van der Waals surface area contributed by atoms with E-state index in [-0.39, 0.29) is 17.4 Å². The van der Waals surface area contributed by atoms with Crippen molar-refractivity contribution in [2.45, 2.75) is 11.8 Å². The van der Waals surface area contributed by atoms with Gasteiger partial charge in [0.15, 0.2) is 0 Å². The van der Waals surface area contributed by atoms with Crippen LogP contribution in [0.5, 0.6) is 5.75 Å². The molecule has 78 valence electrons. The minimum Gasteiger partial charge on any atom is -0.492 e. The van der Waals surface area contributed by atoms with E-state index in [0.717, 1.165) is 6.07 Å². The Labute approximate surface area is 86.7 Å². The Morgan fingerprint density at radius 2 is 2.14 bits per heavy atom. The Morgan fingerprint density at radius 1 is 1.50 bits per heavy atom. The highest BCUT2D eigenvalue weighted by Crippen LogP contribution is 2.28. The Kier molecular flexibility index (Phi) is 3.34. The summed E-state index contributed by atoms with van der Waals surface area (Å²) in [6, 6.07) is 3.77. The molecule has 0 aliphatic carbocycles. The summed E-state index contributed by atoms with van der Waals surface area (Å²) < 4.78 is 39.0. The molecule has 0 radical (unpaired) electrons. The lowest BCUT2D eigenvalue weighted by Gasteiger charge is -2.06. The predicted molar refractivity (Wildman–Crippen MR) is 50.9 cm³/mol. The molecule has 0 atom stereocenters. The largest absolute Gasteiger partial charge is 0.492 e. The summed E-state index contributed by atoms with van der Waals surface area (Å²) in [5.74, 6) is -0.0283. The summed E-state index contributed by atoms with van der Waals surface area (Å²) in [5.41, 5.74) is 0. The first-order valence-corrected chi connectivity index (χ1v) is 5.58. The molecule has 0 aromatic heterocycles. The van der Waals surface area contributed by atoms with Crippen molar-refractivity contribution in [3.63, 3.8) is 0 Å². The van der Waals surface area contributed by atoms with Gasteiger partial charge in [-0.25, -0.2) is 0 Å². The minimum atomic E-state index is -4.79. The SMILES string of the molecule is CCOc1ccc(Cl)cc1S(=O)(=O)F. The van der Waals surface area contributed by atoms with Crippen molar-refractivity contribution in [1.82, 2.24) is 0 Å². The zero-order chi connectivity index (χ0) is 10.8. The number of halogens is 2. The normalized spacial score (nSPS) is 11.4. The van der Waals surface area contributed by atoms with Crippen LogP contribution in [0.25, 0.3) is 0 Å². The van der Waals surface area contributed by atoms with Crippen molar-refractivity contribution in [1.29, 1.82) is 0 Å². The van der Waals surface area contributed by atoms with Gasteiger partial charge in [-0.05, 0) is 25.1 Å². The van der Waals surface area contributed by atoms with E-state index in [9.17, 15) is 12.3 Å². The molecule has 14 heavy (non-hydrogen) atoms. The lowest BCUT2D eigenvalue weighted by atomic mass is 10.3. The average molecular weight is 239 g/mol. The van der Waals surface area contributed by atoms with Gasteiger partial charge in [0, 0.05) is 5.02 Å². The fourth-order valence-electron chi connectivity index (χ4n) is 0.947. The van der Waals surface area contributed by atoms with Crippen LogP contribution in [-0.4, -0.2) is 15.0 Å². The van der Waals surface area contributed by atoms with Crippen LogP contribution in [0.3, 0.4) is 0 Å². The molecule has 1 aromatic rings. The maximum Gasteiger partial charge on any atom is 0.335 e. The zero-order valence-corrected chi connectivity index (χ0v) is 8.90. The molecule has 0 aliphatic heterocycles. The van der Waals surface area contributed by atoms with Gasteiger partial charge in [-0.15, -0.1) is 3.89 Å². The lowest BCUT2D eigenvalue weighted by Crippen LogP contribution is -1.99. The number of hydrogen-bond donors (Lipinski definition) is 0. The second kappa shape index (κ2) is 4.14. The van der Waals surface area contributed by atoms with Crippen LogP contribution in [0, 0.1) is 0 Å². The summed E-state index contributed by atoms with van der Waals surface area (Å²) in [5, 5.41) is 0.143. The maximum atomic E-state index is 12.7. The highest BCUT2D eigenvalue weighted by molar-refractivity contribution is 7.86. The highest BCUT2D eigenvalue weighted by Gasteiger charge is 2.18. The third-order valence-electron chi connectivity index (χ3n) is 1.47. The van der Waals surface area contributed by atoms with Crippen molar-refractivity contribution < 1.29 is 17.0 Å². The molecule has 1 rings (SSSR count). The second-order valence-corrected chi connectivity index (χ2v) is 4.21. The van der Waals surface area contributed by atoms with Gasteiger partial charge in [0.2, 0.25) is 0 Å². The van der Waals surface area contributed by atoms with E-state index in [0.29, 0.717) is 0 Å². The summed E-state index contributed by atoms with van der Waals surface area (Å²) >= 11 is 5.54. The van der Waals surface area contributed by atoms with Crippen molar-refractivity contribution in [2.24, 2.45) is 0 Å². The van der Waals surface area contributed by atoms with Crippen LogP contribution in [0.1, 0.15) is 6.92 Å². The molecule has 1 aromatic carbocycles. The maximum absolute atomic E-state index is 12.7. The molecular formula is C8H8ClFO3S. The van der Waals surface area contributed by atoms with Crippen molar-refractivity contribution >= 4 is 21.8 Å². The summed E-state index contributed by atoms with van der Waals surface area (Å²) in [6.07, 6.45) is 0. The molecule has 3 nitrogen and oxygen atoms in total. The fourth-order valence-corrected chi connectivity index (χ4v) is 1.82. The second-order valence-electron chi connectivity index (χ2n) is 2.46. The van der Waals surface area contributed by atoms with E-state index in [1.165, 1.54) is 12.1 Å². The highest BCUT2D eigenvalue weighted by atomic mass is 35.5. The topological polar surface area (TPSA) is 43.4 Å². The lowest BCUT2D eigenvalue weighted by molar-refractivity contribution is 0.330. The summed E-state index contributed by atoms with van der Waals surface area (Å²) in [6.45, 7) is 1.92.